The summed E-state index contributed by atoms with van der Waals surface area (Å²) in [6.07, 6.45) is 2.37. The number of hydrogen-bond donors (Lipinski definition) is 0. The Kier molecular flexibility index (Phi) is 5.60. The van der Waals surface area contributed by atoms with Gasteiger partial charge < -0.3 is 4.84 Å². The van der Waals surface area contributed by atoms with E-state index in [0.29, 0.717) is 5.69 Å². The fraction of sp³-hybridized carbons (Fsp3) is 0.333. The first-order chi connectivity index (χ1) is 8.19. The maximum atomic E-state index is 10.3. The topological polar surface area (TPSA) is 51.0 Å². The zero-order valence-electron chi connectivity index (χ0n) is 9.74. The highest BCUT2D eigenvalue weighted by atomic mass is 79.9. The lowest BCUT2D eigenvalue weighted by atomic mass is 10.2. The first-order valence-corrected chi connectivity index (χ1v) is 5.99. The summed E-state index contributed by atoms with van der Waals surface area (Å²) in [5.41, 5.74) is 2.24. The van der Waals surface area contributed by atoms with Crippen molar-refractivity contribution in [3.05, 3.63) is 28.2 Å². The van der Waals surface area contributed by atoms with Crippen molar-refractivity contribution in [3.63, 3.8) is 0 Å². The monoisotopic (exact) mass is 296 g/mol. The second kappa shape index (κ2) is 6.99. The number of carbonyl (C=O) groups excluding carboxylic acids is 1. The minimum absolute atomic E-state index is 0.263. The molecule has 0 fully saturated rings. The molecule has 1 rings (SSSR count). The number of oxime groups is 1. The van der Waals surface area contributed by atoms with Crippen LogP contribution >= 0.6 is 15.9 Å². The minimum atomic E-state index is 0.263. The standard InChI is InChI=1S/C12H13BrN2O2/c1-3-9(2)15-17-7-10-11(13)5-4-6-12(10)14-8-16/h4-6H,3,7H2,1-2H3. The molecule has 0 aromatic heterocycles. The number of isocyanates is 1. The molecular formula is C12H13BrN2O2. The third-order valence-electron chi connectivity index (χ3n) is 2.20. The summed E-state index contributed by atoms with van der Waals surface area (Å²) in [4.78, 5) is 19.1. The van der Waals surface area contributed by atoms with E-state index in [4.69, 9.17) is 4.84 Å². The van der Waals surface area contributed by atoms with Gasteiger partial charge >= 0.3 is 0 Å². The Balaban J connectivity index is 2.86. The van der Waals surface area contributed by atoms with Crippen LogP contribution in [-0.4, -0.2) is 11.8 Å². The van der Waals surface area contributed by atoms with E-state index in [1.807, 2.05) is 19.9 Å². The Labute approximate surface area is 109 Å². The molecule has 0 heterocycles. The maximum Gasteiger partial charge on any atom is 0.240 e. The zero-order chi connectivity index (χ0) is 12.7. The van der Waals surface area contributed by atoms with Gasteiger partial charge in [0.15, 0.2) is 0 Å². The van der Waals surface area contributed by atoms with Gasteiger partial charge in [-0.25, -0.2) is 4.79 Å². The molecule has 0 N–H and O–H groups in total. The molecule has 0 atom stereocenters. The predicted octanol–water partition coefficient (Wildman–Crippen LogP) is 3.72. The molecule has 17 heavy (non-hydrogen) atoms. The van der Waals surface area contributed by atoms with Crippen LogP contribution in [0.1, 0.15) is 25.8 Å². The molecule has 0 saturated heterocycles. The molecule has 0 unspecified atom stereocenters. The molecule has 90 valence electrons. The van der Waals surface area contributed by atoms with Crippen molar-refractivity contribution >= 4 is 33.4 Å². The van der Waals surface area contributed by atoms with Crippen LogP contribution in [0.4, 0.5) is 5.69 Å². The largest absolute Gasteiger partial charge is 0.391 e. The molecule has 0 spiro atoms. The normalized spacial score (nSPS) is 10.9. The van der Waals surface area contributed by atoms with Gasteiger partial charge in [0, 0.05) is 10.0 Å². The van der Waals surface area contributed by atoms with E-state index in [1.165, 1.54) is 6.08 Å². The first-order valence-electron chi connectivity index (χ1n) is 5.19. The summed E-state index contributed by atoms with van der Waals surface area (Å²) < 4.78 is 0.832. The fourth-order valence-electron chi connectivity index (χ4n) is 1.12. The highest BCUT2D eigenvalue weighted by molar-refractivity contribution is 9.10. The third-order valence-corrected chi connectivity index (χ3v) is 2.94. The van der Waals surface area contributed by atoms with E-state index < -0.39 is 0 Å². The molecule has 0 saturated carbocycles. The Bertz CT molecular complexity index is 466. The number of hydrogen-bond acceptors (Lipinski definition) is 4. The molecule has 5 heteroatoms. The quantitative estimate of drug-likeness (QED) is 0.472. The number of halogens is 1. The van der Waals surface area contributed by atoms with Crippen molar-refractivity contribution < 1.29 is 9.63 Å². The van der Waals surface area contributed by atoms with Crippen LogP contribution < -0.4 is 0 Å². The van der Waals surface area contributed by atoms with Gasteiger partial charge in [0.05, 0.1) is 11.4 Å². The van der Waals surface area contributed by atoms with E-state index in [1.54, 1.807) is 12.1 Å². The smallest absolute Gasteiger partial charge is 0.240 e. The maximum absolute atomic E-state index is 10.3. The van der Waals surface area contributed by atoms with Crippen LogP contribution in [0, 0.1) is 0 Å². The van der Waals surface area contributed by atoms with Crippen LogP contribution in [0.2, 0.25) is 0 Å². The molecule has 0 aliphatic carbocycles. The van der Waals surface area contributed by atoms with E-state index in [2.05, 4.69) is 26.1 Å². The van der Waals surface area contributed by atoms with Crippen molar-refractivity contribution in [2.24, 2.45) is 10.1 Å². The van der Waals surface area contributed by atoms with Crippen molar-refractivity contribution in [1.82, 2.24) is 0 Å². The molecule has 4 nitrogen and oxygen atoms in total. The van der Waals surface area contributed by atoms with Crippen molar-refractivity contribution in [2.75, 3.05) is 0 Å². The average molecular weight is 297 g/mol. The second-order valence-corrected chi connectivity index (χ2v) is 4.25. The van der Waals surface area contributed by atoms with Crippen LogP contribution in [0.5, 0.6) is 0 Å². The Morgan fingerprint density at radius 1 is 1.53 bits per heavy atom. The number of benzene rings is 1. The van der Waals surface area contributed by atoms with Gasteiger partial charge in [-0.3, -0.25) is 0 Å². The van der Waals surface area contributed by atoms with Gasteiger partial charge in [-0.1, -0.05) is 34.1 Å². The molecule has 1 aromatic rings. The summed E-state index contributed by atoms with van der Waals surface area (Å²) >= 11 is 3.38. The van der Waals surface area contributed by atoms with Gasteiger partial charge in [0.2, 0.25) is 6.08 Å². The molecule has 0 aliphatic rings. The van der Waals surface area contributed by atoms with Crippen molar-refractivity contribution in [3.8, 4) is 0 Å². The van der Waals surface area contributed by atoms with E-state index >= 15 is 0 Å². The number of nitrogens with zero attached hydrogens (tertiary/aromatic N) is 2. The molecule has 0 aliphatic heterocycles. The van der Waals surface area contributed by atoms with Gasteiger partial charge in [-0.2, -0.15) is 4.99 Å². The Morgan fingerprint density at radius 3 is 2.94 bits per heavy atom. The summed E-state index contributed by atoms with van der Waals surface area (Å²) in [5.74, 6) is 0. The van der Waals surface area contributed by atoms with E-state index in [-0.39, 0.29) is 6.61 Å². The highest BCUT2D eigenvalue weighted by Crippen LogP contribution is 2.27. The average Bonchev–Trinajstić information content (AvgIpc) is 2.32. The summed E-state index contributed by atoms with van der Waals surface area (Å²) in [5, 5.41) is 3.94. The van der Waals surface area contributed by atoms with E-state index in [0.717, 1.165) is 22.2 Å². The minimum Gasteiger partial charge on any atom is -0.391 e. The van der Waals surface area contributed by atoms with Gasteiger partial charge in [0.25, 0.3) is 0 Å². The van der Waals surface area contributed by atoms with Gasteiger partial charge in [-0.05, 0) is 25.5 Å². The van der Waals surface area contributed by atoms with Gasteiger partial charge in [-0.15, -0.1) is 0 Å². The fourth-order valence-corrected chi connectivity index (χ4v) is 1.59. The highest BCUT2D eigenvalue weighted by Gasteiger charge is 2.06. The van der Waals surface area contributed by atoms with Crippen molar-refractivity contribution in [2.45, 2.75) is 26.9 Å². The number of aliphatic imine (C=N–C) groups is 1. The lowest BCUT2D eigenvalue weighted by Crippen LogP contribution is -1.93. The van der Waals surface area contributed by atoms with Gasteiger partial charge in [0.1, 0.15) is 6.61 Å². The zero-order valence-corrected chi connectivity index (χ0v) is 11.3. The number of rotatable bonds is 5. The summed E-state index contributed by atoms with van der Waals surface area (Å²) in [6.45, 7) is 4.16. The molecule has 0 bridgehead atoms. The van der Waals surface area contributed by atoms with Crippen molar-refractivity contribution in [1.29, 1.82) is 0 Å². The van der Waals surface area contributed by atoms with Crippen LogP contribution in [-0.2, 0) is 16.2 Å². The molecule has 0 amide bonds. The first kappa shape index (κ1) is 13.6. The van der Waals surface area contributed by atoms with E-state index in [9.17, 15) is 4.79 Å². The Hall–Kier alpha value is -1.45. The SMILES string of the molecule is CCC(C)=NOCc1c(Br)cccc1N=C=O. The van der Waals surface area contributed by atoms with Crippen LogP contribution in [0.15, 0.2) is 32.8 Å². The second-order valence-electron chi connectivity index (χ2n) is 3.39. The lowest BCUT2D eigenvalue weighted by Gasteiger charge is -2.06. The molecule has 0 radical (unpaired) electrons. The lowest BCUT2D eigenvalue weighted by molar-refractivity contribution is 0.129. The predicted molar refractivity (Wildman–Crippen MR) is 70.1 cm³/mol. The summed E-state index contributed by atoms with van der Waals surface area (Å²) in [6, 6.07) is 5.38. The van der Waals surface area contributed by atoms with Crippen LogP contribution in [0.3, 0.4) is 0 Å². The molecule has 1 aromatic carbocycles. The summed E-state index contributed by atoms with van der Waals surface area (Å²) in [7, 11) is 0. The third kappa shape index (κ3) is 4.13. The molecular weight excluding hydrogens is 284 g/mol. The van der Waals surface area contributed by atoms with Crippen LogP contribution in [0.25, 0.3) is 0 Å². The Morgan fingerprint density at radius 2 is 2.29 bits per heavy atom.